The summed E-state index contributed by atoms with van der Waals surface area (Å²) in [5, 5.41) is 0. The minimum absolute atomic E-state index is 0.361. The van der Waals surface area contributed by atoms with Crippen LogP contribution in [0.2, 0.25) is 0 Å². The molecule has 1 saturated heterocycles. The summed E-state index contributed by atoms with van der Waals surface area (Å²) in [7, 11) is 0. The van der Waals surface area contributed by atoms with E-state index in [4.69, 9.17) is 9.47 Å². The molecule has 3 rings (SSSR count). The average Bonchev–Trinajstić information content (AvgIpc) is 2.47. The molecule has 0 radical (unpaired) electrons. The third-order valence-electron chi connectivity index (χ3n) is 3.92. The van der Waals surface area contributed by atoms with Crippen LogP contribution in [0.15, 0.2) is 12.4 Å². The van der Waals surface area contributed by atoms with Crippen molar-refractivity contribution in [3.8, 4) is 5.88 Å². The molecule has 0 spiro atoms. The maximum absolute atomic E-state index is 5.89. The number of morpholine rings is 1. The van der Waals surface area contributed by atoms with Crippen molar-refractivity contribution in [3.05, 3.63) is 12.4 Å². The van der Waals surface area contributed by atoms with Crippen LogP contribution >= 0.6 is 0 Å². The van der Waals surface area contributed by atoms with Crippen molar-refractivity contribution < 1.29 is 9.47 Å². The quantitative estimate of drug-likeness (QED) is 0.835. The number of hydrogen-bond donors (Lipinski definition) is 0. The Balaban J connectivity index is 1.81. The van der Waals surface area contributed by atoms with Crippen LogP contribution in [-0.4, -0.2) is 41.9 Å². The highest BCUT2D eigenvalue weighted by Gasteiger charge is 2.35. The smallest absolute Gasteiger partial charge is 0.234 e. The minimum Gasteiger partial charge on any atom is -0.477 e. The van der Waals surface area contributed by atoms with Crippen molar-refractivity contribution >= 4 is 5.82 Å². The van der Waals surface area contributed by atoms with Gasteiger partial charge in [0.05, 0.1) is 37.8 Å². The van der Waals surface area contributed by atoms with Crippen molar-refractivity contribution in [2.24, 2.45) is 0 Å². The summed E-state index contributed by atoms with van der Waals surface area (Å²) in [5.74, 6) is 1.53. The first-order valence-electron chi connectivity index (χ1n) is 7.21. The Bertz CT molecular complexity index is 425. The van der Waals surface area contributed by atoms with E-state index >= 15 is 0 Å². The van der Waals surface area contributed by atoms with Gasteiger partial charge in [0.1, 0.15) is 0 Å². The van der Waals surface area contributed by atoms with Crippen molar-refractivity contribution in [1.29, 1.82) is 0 Å². The SMILES string of the molecule is CCOc1cncc(N2CCO[C@@H]3CCCC[C@H]32)n1. The van der Waals surface area contributed by atoms with Crippen molar-refractivity contribution in [3.63, 3.8) is 0 Å². The van der Waals surface area contributed by atoms with E-state index in [-0.39, 0.29) is 0 Å². The molecule has 1 aliphatic carbocycles. The molecule has 0 bridgehead atoms. The largest absolute Gasteiger partial charge is 0.477 e. The predicted octanol–water partition coefficient (Wildman–Crippen LogP) is 2.02. The zero-order chi connectivity index (χ0) is 13.1. The maximum Gasteiger partial charge on any atom is 0.234 e. The Labute approximate surface area is 113 Å². The minimum atomic E-state index is 0.361. The third-order valence-corrected chi connectivity index (χ3v) is 3.92. The van der Waals surface area contributed by atoms with Gasteiger partial charge in [-0.3, -0.25) is 4.98 Å². The summed E-state index contributed by atoms with van der Waals surface area (Å²) in [4.78, 5) is 11.2. The highest BCUT2D eigenvalue weighted by Crippen LogP contribution is 2.31. The molecule has 0 unspecified atom stereocenters. The van der Waals surface area contributed by atoms with Gasteiger partial charge in [-0.1, -0.05) is 12.8 Å². The van der Waals surface area contributed by atoms with Gasteiger partial charge in [0.2, 0.25) is 5.88 Å². The molecule has 2 atom stereocenters. The summed E-state index contributed by atoms with van der Waals surface area (Å²) in [6.45, 7) is 4.25. The molecular formula is C14H21N3O2. The van der Waals surface area contributed by atoms with Gasteiger partial charge in [-0.15, -0.1) is 0 Å². The monoisotopic (exact) mass is 263 g/mol. The zero-order valence-corrected chi connectivity index (χ0v) is 11.4. The van der Waals surface area contributed by atoms with Gasteiger partial charge in [-0.05, 0) is 19.8 Å². The summed E-state index contributed by atoms with van der Waals surface area (Å²) in [6, 6.07) is 0.452. The molecule has 1 aromatic rings. The normalized spacial score (nSPS) is 26.9. The third kappa shape index (κ3) is 2.66. The van der Waals surface area contributed by atoms with Gasteiger partial charge in [0.15, 0.2) is 5.82 Å². The van der Waals surface area contributed by atoms with Gasteiger partial charge >= 0.3 is 0 Å². The maximum atomic E-state index is 5.89. The van der Waals surface area contributed by atoms with E-state index < -0.39 is 0 Å². The van der Waals surface area contributed by atoms with Crippen LogP contribution in [0.5, 0.6) is 5.88 Å². The molecule has 104 valence electrons. The number of rotatable bonds is 3. The number of ether oxygens (including phenoxy) is 2. The number of fused-ring (bicyclic) bond motifs is 1. The van der Waals surface area contributed by atoms with E-state index in [1.54, 1.807) is 6.20 Å². The van der Waals surface area contributed by atoms with E-state index in [1.807, 2.05) is 13.1 Å². The average molecular weight is 263 g/mol. The Kier molecular flexibility index (Phi) is 3.82. The van der Waals surface area contributed by atoms with E-state index in [1.165, 1.54) is 25.7 Å². The molecule has 2 fully saturated rings. The van der Waals surface area contributed by atoms with E-state index in [9.17, 15) is 0 Å². The van der Waals surface area contributed by atoms with Gasteiger partial charge in [0, 0.05) is 6.54 Å². The molecule has 2 aliphatic rings. The van der Waals surface area contributed by atoms with Crippen molar-refractivity contribution in [1.82, 2.24) is 9.97 Å². The Morgan fingerprint density at radius 2 is 2.26 bits per heavy atom. The molecule has 0 N–H and O–H groups in total. The molecular weight excluding hydrogens is 242 g/mol. The number of aromatic nitrogens is 2. The number of nitrogens with zero attached hydrogens (tertiary/aromatic N) is 3. The molecule has 19 heavy (non-hydrogen) atoms. The standard InChI is InChI=1S/C14H21N3O2/c1-2-18-14-10-15-9-13(16-14)17-7-8-19-12-6-4-3-5-11(12)17/h9-12H,2-8H2,1H3/t11-,12-/m1/s1. The number of anilines is 1. The number of hydrogen-bond acceptors (Lipinski definition) is 5. The molecule has 1 saturated carbocycles. The predicted molar refractivity (Wildman–Crippen MR) is 72.5 cm³/mol. The van der Waals surface area contributed by atoms with Crippen LogP contribution in [0, 0.1) is 0 Å². The molecule has 0 amide bonds. The van der Waals surface area contributed by atoms with Gasteiger partial charge < -0.3 is 14.4 Å². The van der Waals surface area contributed by atoms with Crippen LogP contribution < -0.4 is 9.64 Å². The van der Waals surface area contributed by atoms with Crippen LogP contribution in [0.4, 0.5) is 5.82 Å². The Hall–Kier alpha value is -1.36. The van der Waals surface area contributed by atoms with Gasteiger partial charge in [-0.25, -0.2) is 0 Å². The lowest BCUT2D eigenvalue weighted by molar-refractivity contribution is -0.00905. The molecule has 5 heteroatoms. The van der Waals surface area contributed by atoms with Crippen molar-refractivity contribution in [2.45, 2.75) is 44.8 Å². The molecule has 1 aliphatic heterocycles. The summed E-state index contributed by atoms with van der Waals surface area (Å²) >= 11 is 0. The first kappa shape index (κ1) is 12.7. The van der Waals surface area contributed by atoms with Gasteiger partial charge in [-0.2, -0.15) is 4.98 Å². The van der Waals surface area contributed by atoms with Crippen molar-refractivity contribution in [2.75, 3.05) is 24.7 Å². The first-order chi connectivity index (χ1) is 9.38. The van der Waals surface area contributed by atoms with E-state index in [0.717, 1.165) is 19.0 Å². The topological polar surface area (TPSA) is 47.5 Å². The summed E-state index contributed by atoms with van der Waals surface area (Å²) in [5.41, 5.74) is 0. The van der Waals surface area contributed by atoms with Crippen LogP contribution in [-0.2, 0) is 4.74 Å². The molecule has 0 aromatic carbocycles. The van der Waals surface area contributed by atoms with E-state index in [2.05, 4.69) is 14.9 Å². The highest BCUT2D eigenvalue weighted by atomic mass is 16.5. The zero-order valence-electron chi connectivity index (χ0n) is 11.4. The lowest BCUT2D eigenvalue weighted by Gasteiger charge is -2.44. The Morgan fingerprint density at radius 1 is 1.37 bits per heavy atom. The fraction of sp³-hybridized carbons (Fsp3) is 0.714. The van der Waals surface area contributed by atoms with Gasteiger partial charge in [0.25, 0.3) is 0 Å². The second-order valence-electron chi connectivity index (χ2n) is 5.10. The lowest BCUT2D eigenvalue weighted by atomic mass is 9.90. The fourth-order valence-corrected chi connectivity index (χ4v) is 3.08. The lowest BCUT2D eigenvalue weighted by Crippen LogP contribution is -2.53. The van der Waals surface area contributed by atoms with Crippen LogP contribution in [0.1, 0.15) is 32.6 Å². The molecule has 2 heterocycles. The molecule has 5 nitrogen and oxygen atoms in total. The van der Waals surface area contributed by atoms with Crippen LogP contribution in [0.25, 0.3) is 0 Å². The second kappa shape index (κ2) is 5.74. The fourth-order valence-electron chi connectivity index (χ4n) is 3.08. The summed E-state index contributed by atoms with van der Waals surface area (Å²) in [6.07, 6.45) is 8.77. The first-order valence-corrected chi connectivity index (χ1v) is 7.21. The second-order valence-corrected chi connectivity index (χ2v) is 5.10. The van der Waals surface area contributed by atoms with Crippen LogP contribution in [0.3, 0.4) is 0 Å². The Morgan fingerprint density at radius 3 is 3.16 bits per heavy atom. The molecule has 1 aromatic heterocycles. The van der Waals surface area contributed by atoms with E-state index in [0.29, 0.717) is 24.6 Å². The summed E-state index contributed by atoms with van der Waals surface area (Å²) < 4.78 is 11.3. The highest BCUT2D eigenvalue weighted by molar-refractivity contribution is 5.40.